The van der Waals surface area contributed by atoms with Crippen LogP contribution in [0.4, 0.5) is 10.8 Å². The van der Waals surface area contributed by atoms with Crippen molar-refractivity contribution in [2.24, 2.45) is 10.6 Å². The number of fused-ring (bicyclic) bond motifs is 1. The zero-order valence-corrected chi connectivity index (χ0v) is 28.0. The van der Waals surface area contributed by atoms with Crippen molar-refractivity contribution in [3.8, 4) is 0 Å². The Bertz CT molecular complexity index is 1610. The number of carboxylic acids is 1. The summed E-state index contributed by atoms with van der Waals surface area (Å²) in [4.78, 5) is 54.0. The molecule has 6 rings (SSSR count). The molecule has 5 heterocycles. The second kappa shape index (κ2) is 14.4. The number of aliphatic carboxylic acids is 1. The van der Waals surface area contributed by atoms with Crippen LogP contribution in [-0.2, 0) is 25.8 Å². The van der Waals surface area contributed by atoms with Gasteiger partial charge in [-0.15, -0.1) is 28.2 Å². The summed E-state index contributed by atoms with van der Waals surface area (Å²) in [6.45, 7) is 5.45. The van der Waals surface area contributed by atoms with Gasteiger partial charge in [-0.1, -0.05) is 35.1 Å². The van der Waals surface area contributed by atoms with Crippen LogP contribution in [0, 0.1) is 5.41 Å². The molecule has 2 amide bonds. The number of carboxylic acid groups (broad SMARTS) is 1. The lowest BCUT2D eigenvalue weighted by Crippen LogP contribution is -2.74. The number of rotatable bonds is 13. The number of carbonyl (C=O) groups excluding carboxylic acids is 2. The van der Waals surface area contributed by atoms with Gasteiger partial charge < -0.3 is 30.8 Å². The van der Waals surface area contributed by atoms with E-state index in [1.54, 1.807) is 10.1 Å². The van der Waals surface area contributed by atoms with Gasteiger partial charge in [0.25, 0.3) is 5.91 Å². The van der Waals surface area contributed by atoms with E-state index in [1.165, 1.54) is 41.2 Å². The van der Waals surface area contributed by atoms with E-state index in [0.717, 1.165) is 50.5 Å². The van der Waals surface area contributed by atoms with Gasteiger partial charge in [-0.2, -0.15) is 0 Å². The number of thioether (sulfide) groups is 2. The maximum absolute atomic E-state index is 13.1. The molecule has 47 heavy (non-hydrogen) atoms. The number of nitrogens with one attached hydrogen (secondary N) is 1. The number of nitrogens with two attached hydrogens (primary N) is 1. The van der Waals surface area contributed by atoms with Crippen molar-refractivity contribution in [2.45, 2.75) is 29.5 Å². The molecule has 3 aliphatic heterocycles. The first kappa shape index (κ1) is 33.0. The van der Waals surface area contributed by atoms with E-state index in [-0.39, 0.29) is 40.5 Å². The van der Waals surface area contributed by atoms with Crippen LogP contribution in [0.3, 0.4) is 0 Å². The van der Waals surface area contributed by atoms with Crippen molar-refractivity contribution in [3.05, 3.63) is 41.4 Å². The smallest absolute Gasteiger partial charge is 0.313 e. The minimum Gasteiger partial charge on any atom is -0.481 e. The topological polar surface area (TPSA) is 197 Å². The number of β-lactam (4-membered cyclic amide) rings is 1. The number of carbonyl (C=O) groups is 3. The highest BCUT2D eigenvalue weighted by Crippen LogP contribution is 2.44. The van der Waals surface area contributed by atoms with E-state index >= 15 is 0 Å². The minimum atomic E-state index is -1.22. The third-order valence-corrected chi connectivity index (χ3v) is 11.9. The number of amides is 2. The summed E-state index contributed by atoms with van der Waals surface area (Å²) in [6, 6.07) is 9.60. The van der Waals surface area contributed by atoms with Crippen LogP contribution in [0.1, 0.15) is 12.1 Å². The van der Waals surface area contributed by atoms with E-state index in [4.69, 9.17) is 10.6 Å². The number of nitrogen functional groups attached to an aromatic ring is 1. The van der Waals surface area contributed by atoms with Gasteiger partial charge in [-0.25, -0.2) is 9.67 Å². The average Bonchev–Trinajstić information content (AvgIpc) is 3.73. The molecule has 0 spiro atoms. The molecule has 1 aromatic carbocycles. The molecule has 16 nitrogen and oxygen atoms in total. The van der Waals surface area contributed by atoms with E-state index in [1.807, 2.05) is 6.07 Å². The number of hydrogen-bond acceptors (Lipinski definition) is 15. The van der Waals surface area contributed by atoms with Crippen molar-refractivity contribution < 1.29 is 24.3 Å². The molecular formula is C28H35N11O5S3. The van der Waals surface area contributed by atoms with Gasteiger partial charge in [-0.3, -0.25) is 19.3 Å². The number of aromatic nitrogens is 5. The number of anilines is 2. The van der Waals surface area contributed by atoms with Gasteiger partial charge in [0, 0.05) is 68.4 Å². The van der Waals surface area contributed by atoms with Crippen molar-refractivity contribution in [3.63, 3.8) is 0 Å². The second-order valence-corrected chi connectivity index (χ2v) is 14.3. The van der Waals surface area contributed by atoms with Crippen LogP contribution in [0.25, 0.3) is 0 Å². The zero-order chi connectivity index (χ0) is 33.0. The molecule has 2 unspecified atom stereocenters. The summed E-state index contributed by atoms with van der Waals surface area (Å²) in [7, 11) is 1.30. The lowest BCUT2D eigenvalue weighted by molar-refractivity contribution is -0.157. The molecule has 0 saturated carbocycles. The average molecular weight is 702 g/mol. The summed E-state index contributed by atoms with van der Waals surface area (Å²) in [6.07, 6.45) is 0.855. The monoisotopic (exact) mass is 701 g/mol. The quantitative estimate of drug-likeness (QED) is 0.0966. The molecule has 3 aromatic rings. The molecule has 0 aliphatic carbocycles. The summed E-state index contributed by atoms with van der Waals surface area (Å²) in [5, 5.41) is 30.9. The number of benzene rings is 1. The van der Waals surface area contributed by atoms with Gasteiger partial charge in [0.2, 0.25) is 11.1 Å². The van der Waals surface area contributed by atoms with Gasteiger partial charge >= 0.3 is 5.97 Å². The van der Waals surface area contributed by atoms with Crippen LogP contribution in [0.2, 0.25) is 0 Å². The Hall–Kier alpha value is -3.94. The van der Waals surface area contributed by atoms with E-state index in [9.17, 15) is 19.5 Å². The summed E-state index contributed by atoms with van der Waals surface area (Å²) in [5.74, 6) is -1.58. The van der Waals surface area contributed by atoms with E-state index in [0.29, 0.717) is 11.7 Å². The molecule has 0 radical (unpaired) electrons. The second-order valence-electron chi connectivity index (χ2n) is 11.4. The number of thiazole rings is 1. The number of tetrazole rings is 1. The number of hydrogen-bond donors (Lipinski definition) is 3. The first-order chi connectivity index (χ1) is 22.8. The van der Waals surface area contributed by atoms with Crippen molar-refractivity contribution in [1.29, 1.82) is 0 Å². The fraction of sp³-hybridized carbons (Fsp3) is 0.500. The summed E-state index contributed by atoms with van der Waals surface area (Å²) in [5.41, 5.74) is 5.86. The van der Waals surface area contributed by atoms with Gasteiger partial charge in [0.1, 0.15) is 29.6 Å². The van der Waals surface area contributed by atoms with E-state index in [2.05, 4.69) is 65.0 Å². The maximum Gasteiger partial charge on any atom is 0.313 e. The number of aryl methyl sites for hydroxylation is 1. The van der Waals surface area contributed by atoms with Crippen molar-refractivity contribution in [2.75, 3.05) is 68.5 Å². The normalized spacial score (nSPS) is 23.3. The number of piperazine rings is 1. The first-order valence-electron chi connectivity index (χ1n) is 15.0. The summed E-state index contributed by atoms with van der Waals surface area (Å²) >= 11 is 3.75. The third kappa shape index (κ3) is 7.16. The van der Waals surface area contributed by atoms with Crippen LogP contribution < -0.4 is 16.0 Å². The Morgan fingerprint density at radius 1 is 1.21 bits per heavy atom. The van der Waals surface area contributed by atoms with Crippen molar-refractivity contribution >= 4 is 69.2 Å². The molecule has 3 saturated heterocycles. The fourth-order valence-electron chi connectivity index (χ4n) is 5.76. The minimum absolute atomic E-state index is 0.0103. The number of para-hydroxylation sites is 1. The van der Waals surface area contributed by atoms with Crippen LogP contribution in [0.15, 0.2) is 46.0 Å². The highest BCUT2D eigenvalue weighted by atomic mass is 32.2. The standard InChI is InChI=1S/C28H35N11O5S3/c1-44-33-20(19-14-45-26(29)30-19)22(40)31-21-23(41)38-15-28(25(42)43,16-46-24(21)38)17-47-27-32-34-35-39(27)9-5-8-36-10-12-37(13-11-36)18-6-3-2-4-7-18/h2-4,6-7,14,21,24H,5,8-13,15-17H2,1H3,(H2,29,30)(H,31,40)(H,42,43)/t21?,24-,28?/m1/s1. The Morgan fingerprint density at radius 3 is 2.70 bits per heavy atom. The third-order valence-electron chi connectivity index (χ3n) is 8.36. The zero-order valence-electron chi connectivity index (χ0n) is 25.6. The summed E-state index contributed by atoms with van der Waals surface area (Å²) < 4.78 is 1.72. The molecule has 19 heteroatoms. The molecule has 250 valence electrons. The number of nitrogens with zero attached hydrogens (tertiary/aromatic N) is 9. The highest BCUT2D eigenvalue weighted by molar-refractivity contribution is 8.00. The van der Waals surface area contributed by atoms with Crippen LogP contribution in [0.5, 0.6) is 0 Å². The first-order valence-corrected chi connectivity index (χ1v) is 17.9. The lowest BCUT2D eigenvalue weighted by Gasteiger charge is -2.53. The molecule has 2 aromatic heterocycles. The molecule has 3 aliphatic rings. The van der Waals surface area contributed by atoms with Crippen LogP contribution in [-0.4, -0.2) is 133 Å². The Labute approximate surface area is 283 Å². The predicted molar refractivity (Wildman–Crippen MR) is 178 cm³/mol. The molecule has 0 bridgehead atoms. The predicted octanol–water partition coefficient (Wildman–Crippen LogP) is 0.538. The SMILES string of the molecule is CON=C(C(=O)NC1C(=O)N2CC(CSc3nnnn3CCCN3CCN(c4ccccc4)CC3)(C(=O)O)CS[C@H]12)c1csc(N)n1. The highest BCUT2D eigenvalue weighted by Gasteiger charge is 2.57. The Kier molecular flexibility index (Phi) is 10.1. The largest absolute Gasteiger partial charge is 0.481 e. The number of oxime groups is 1. The van der Waals surface area contributed by atoms with Gasteiger partial charge in [-0.05, 0) is 29.0 Å². The van der Waals surface area contributed by atoms with Gasteiger partial charge in [0.15, 0.2) is 10.8 Å². The van der Waals surface area contributed by atoms with Gasteiger partial charge in [0.05, 0.1) is 0 Å². The van der Waals surface area contributed by atoms with Crippen LogP contribution >= 0.6 is 34.9 Å². The molecule has 3 fully saturated rings. The van der Waals surface area contributed by atoms with E-state index < -0.39 is 28.7 Å². The van der Waals surface area contributed by atoms with Crippen molar-refractivity contribution in [1.82, 2.24) is 40.3 Å². The molecular weight excluding hydrogens is 667 g/mol. The molecule has 4 N–H and O–H groups in total. The maximum atomic E-state index is 13.1. The fourth-order valence-corrected chi connectivity index (χ4v) is 9.08. The Morgan fingerprint density at radius 2 is 2.00 bits per heavy atom. The Balaban J connectivity index is 0.992. The molecule has 3 atom stereocenters. The lowest BCUT2D eigenvalue weighted by atomic mass is 9.89.